The molecule has 0 spiro atoms. The van der Waals surface area contributed by atoms with Gasteiger partial charge in [0.1, 0.15) is 0 Å². The quantitative estimate of drug-likeness (QED) is 0.581. The standard InChI is InChI=1S/C8H16NS/c1-2-4-6-9-8-10-7-5-3-1/h8-9H,1-7H2. The van der Waals surface area contributed by atoms with Crippen LogP contribution in [0.25, 0.3) is 0 Å². The number of hydrogen-bond acceptors (Lipinski definition) is 2. The minimum absolute atomic E-state index is 1.17. The second kappa shape index (κ2) is 6.05. The van der Waals surface area contributed by atoms with Crippen molar-refractivity contribution < 1.29 is 0 Å². The second-order valence-corrected chi connectivity index (χ2v) is 3.69. The normalized spacial score (nSPS) is 24.0. The van der Waals surface area contributed by atoms with Crippen molar-refractivity contribution in [3.63, 3.8) is 0 Å². The average Bonchev–Trinajstić information content (AvgIpc) is 2.01. The maximum Gasteiger partial charge on any atom is 0.0782 e. The van der Waals surface area contributed by atoms with Crippen molar-refractivity contribution in [2.75, 3.05) is 12.3 Å². The maximum absolute atomic E-state index is 3.29. The molecule has 0 aromatic carbocycles. The van der Waals surface area contributed by atoms with Crippen molar-refractivity contribution in [1.29, 1.82) is 0 Å². The molecule has 0 aromatic rings. The predicted octanol–water partition coefficient (Wildman–Crippen LogP) is 2.39. The van der Waals surface area contributed by atoms with Crippen molar-refractivity contribution >= 4 is 11.8 Å². The van der Waals surface area contributed by atoms with Crippen LogP contribution in [0.15, 0.2) is 0 Å². The van der Waals surface area contributed by atoms with Gasteiger partial charge in [0.2, 0.25) is 0 Å². The molecule has 2 heteroatoms. The first-order chi connectivity index (χ1) is 5.00. The molecule has 0 bridgehead atoms. The van der Waals surface area contributed by atoms with Gasteiger partial charge in [-0.25, -0.2) is 0 Å². The Balaban J connectivity index is 2.00. The molecular weight excluding hydrogens is 142 g/mol. The highest BCUT2D eigenvalue weighted by molar-refractivity contribution is 8.01. The van der Waals surface area contributed by atoms with Gasteiger partial charge in [0, 0.05) is 0 Å². The summed E-state index contributed by atoms with van der Waals surface area (Å²) in [4.78, 5) is 0. The molecule has 0 unspecified atom stereocenters. The molecule has 0 atom stereocenters. The largest absolute Gasteiger partial charge is 0.303 e. The Bertz CT molecular complexity index is 42.4. The van der Waals surface area contributed by atoms with E-state index in [-0.39, 0.29) is 0 Å². The van der Waals surface area contributed by atoms with Gasteiger partial charge in [0.05, 0.1) is 5.88 Å². The van der Waals surface area contributed by atoms with Crippen LogP contribution in [0.4, 0.5) is 0 Å². The lowest BCUT2D eigenvalue weighted by atomic mass is 10.1. The van der Waals surface area contributed by atoms with Crippen molar-refractivity contribution in [3.8, 4) is 0 Å². The first-order valence-electron chi connectivity index (χ1n) is 4.17. The smallest absolute Gasteiger partial charge is 0.0782 e. The molecule has 59 valence electrons. The molecule has 1 heterocycles. The predicted molar refractivity (Wildman–Crippen MR) is 47.8 cm³/mol. The fourth-order valence-corrected chi connectivity index (χ4v) is 1.84. The van der Waals surface area contributed by atoms with Crippen LogP contribution >= 0.6 is 11.8 Å². The van der Waals surface area contributed by atoms with Crippen LogP contribution in [0.1, 0.15) is 32.1 Å². The Morgan fingerprint density at radius 2 is 1.80 bits per heavy atom. The van der Waals surface area contributed by atoms with Crippen molar-refractivity contribution in [3.05, 3.63) is 5.88 Å². The van der Waals surface area contributed by atoms with E-state index in [1.54, 1.807) is 0 Å². The third-order valence-electron chi connectivity index (χ3n) is 1.75. The summed E-state index contributed by atoms with van der Waals surface area (Å²) in [5.74, 6) is 3.44. The van der Waals surface area contributed by atoms with Crippen LogP contribution in [-0.4, -0.2) is 12.3 Å². The van der Waals surface area contributed by atoms with E-state index in [4.69, 9.17) is 0 Å². The number of rotatable bonds is 0. The van der Waals surface area contributed by atoms with Gasteiger partial charge < -0.3 is 5.32 Å². The third-order valence-corrected chi connectivity index (χ3v) is 2.61. The van der Waals surface area contributed by atoms with Crippen molar-refractivity contribution in [2.24, 2.45) is 0 Å². The molecule has 1 nitrogen and oxygen atoms in total. The molecule has 1 rings (SSSR count). The fourth-order valence-electron chi connectivity index (χ4n) is 1.12. The maximum atomic E-state index is 3.29. The van der Waals surface area contributed by atoms with E-state index in [1.807, 2.05) is 11.8 Å². The topological polar surface area (TPSA) is 12.0 Å². The van der Waals surface area contributed by atoms with Crippen LogP contribution in [0, 0.1) is 5.88 Å². The molecule has 1 aliphatic heterocycles. The number of hydrogen-bond donors (Lipinski definition) is 1. The van der Waals surface area contributed by atoms with E-state index in [2.05, 4.69) is 11.2 Å². The molecule has 10 heavy (non-hydrogen) atoms. The second-order valence-electron chi connectivity index (χ2n) is 2.71. The minimum atomic E-state index is 1.17. The van der Waals surface area contributed by atoms with Crippen LogP contribution in [0.5, 0.6) is 0 Å². The zero-order chi connectivity index (χ0) is 7.07. The van der Waals surface area contributed by atoms with Crippen LogP contribution < -0.4 is 5.32 Å². The summed E-state index contributed by atoms with van der Waals surface area (Å²) in [5.41, 5.74) is 0. The molecule has 0 saturated carbocycles. The van der Waals surface area contributed by atoms with Crippen molar-refractivity contribution in [2.45, 2.75) is 32.1 Å². The average molecular weight is 158 g/mol. The lowest BCUT2D eigenvalue weighted by Gasteiger charge is -2.07. The Labute approximate surface area is 68.0 Å². The summed E-state index contributed by atoms with van der Waals surface area (Å²) >= 11 is 1.92. The van der Waals surface area contributed by atoms with Gasteiger partial charge in [0.15, 0.2) is 0 Å². The van der Waals surface area contributed by atoms with E-state index in [0.29, 0.717) is 0 Å². The van der Waals surface area contributed by atoms with Gasteiger partial charge >= 0.3 is 0 Å². The Kier molecular flexibility index (Phi) is 5.08. The van der Waals surface area contributed by atoms with Gasteiger partial charge in [0.25, 0.3) is 0 Å². The highest BCUT2D eigenvalue weighted by atomic mass is 32.2. The Morgan fingerprint density at radius 3 is 2.80 bits per heavy atom. The molecule has 1 radical (unpaired) electrons. The Morgan fingerprint density at radius 1 is 1.00 bits per heavy atom. The van der Waals surface area contributed by atoms with Gasteiger partial charge in [-0.2, -0.15) is 0 Å². The number of nitrogens with one attached hydrogen (secondary N) is 1. The molecule has 0 aliphatic carbocycles. The summed E-state index contributed by atoms with van der Waals surface area (Å²) in [6.07, 6.45) is 7.01. The van der Waals surface area contributed by atoms with Gasteiger partial charge in [-0.1, -0.05) is 19.3 Å². The molecular formula is C8H16NS. The minimum Gasteiger partial charge on any atom is -0.303 e. The highest BCUT2D eigenvalue weighted by Crippen LogP contribution is 2.11. The fraction of sp³-hybridized carbons (Fsp3) is 0.875. The number of thioether (sulfide) groups is 1. The molecule has 1 aliphatic rings. The van der Waals surface area contributed by atoms with Crippen LogP contribution in [0.3, 0.4) is 0 Å². The lowest BCUT2D eigenvalue weighted by Crippen LogP contribution is -2.10. The molecule has 0 aromatic heterocycles. The molecule has 1 N–H and O–H groups in total. The molecule has 0 amide bonds. The van der Waals surface area contributed by atoms with Gasteiger partial charge in [-0.15, -0.1) is 11.8 Å². The first-order valence-corrected chi connectivity index (χ1v) is 5.22. The SMILES string of the molecule is [CH]1NCCCCCCCS1. The third kappa shape index (κ3) is 4.18. The highest BCUT2D eigenvalue weighted by Gasteiger charge is 1.95. The van der Waals surface area contributed by atoms with E-state index in [0.717, 1.165) is 0 Å². The van der Waals surface area contributed by atoms with Gasteiger partial charge in [-0.05, 0) is 25.1 Å². The van der Waals surface area contributed by atoms with E-state index in [1.165, 1.54) is 44.4 Å². The van der Waals surface area contributed by atoms with E-state index < -0.39 is 0 Å². The summed E-state index contributed by atoms with van der Waals surface area (Å²) in [6.45, 7) is 1.17. The van der Waals surface area contributed by atoms with E-state index in [9.17, 15) is 0 Å². The van der Waals surface area contributed by atoms with E-state index >= 15 is 0 Å². The summed E-state index contributed by atoms with van der Waals surface area (Å²) in [5, 5.41) is 3.29. The summed E-state index contributed by atoms with van der Waals surface area (Å²) in [6, 6.07) is 0. The molecule has 1 fully saturated rings. The van der Waals surface area contributed by atoms with Crippen molar-refractivity contribution in [1.82, 2.24) is 5.32 Å². The summed E-state index contributed by atoms with van der Waals surface area (Å²) < 4.78 is 0. The monoisotopic (exact) mass is 158 g/mol. The lowest BCUT2D eigenvalue weighted by molar-refractivity contribution is 0.613. The summed E-state index contributed by atoms with van der Waals surface area (Å²) in [7, 11) is 0. The van der Waals surface area contributed by atoms with Crippen LogP contribution in [0.2, 0.25) is 0 Å². The zero-order valence-corrected chi connectivity index (χ0v) is 7.25. The van der Waals surface area contributed by atoms with Gasteiger partial charge in [-0.3, -0.25) is 0 Å². The van der Waals surface area contributed by atoms with Crippen LogP contribution in [-0.2, 0) is 0 Å². The molecule has 1 saturated heterocycles. The Hall–Kier alpha value is 0.310. The zero-order valence-electron chi connectivity index (χ0n) is 6.44. The first kappa shape index (κ1) is 8.41.